The number of sulfonamides is 1. The lowest BCUT2D eigenvalue weighted by atomic mass is 10.1. The van der Waals surface area contributed by atoms with Gasteiger partial charge in [-0.25, -0.2) is 8.42 Å². The van der Waals surface area contributed by atoms with E-state index in [0.717, 1.165) is 31.7 Å². The second-order valence-electron chi connectivity index (χ2n) is 8.59. The SMILES string of the molecule is C[C@@H]1CN(S(=O)(=O)c2ccc(C(=O)NC[C@@H](c3ccco3)N3CCCC3)cc2)C[C@H](C)O1. The van der Waals surface area contributed by atoms with Crippen LogP contribution in [0.2, 0.25) is 0 Å². The standard InChI is InChI=1S/C23H31N3O5S/c1-17-15-26(16-18(2)31-17)32(28,29)20-9-7-19(8-10-20)23(27)24-14-21(22-6-5-13-30-22)25-11-3-4-12-25/h5-10,13,17-18,21H,3-4,11-12,14-16H2,1-2H3,(H,24,27)/t17-,18+,21-/m0/s1. The van der Waals surface area contributed by atoms with Gasteiger partial charge in [0.1, 0.15) is 5.76 Å². The lowest BCUT2D eigenvalue weighted by Crippen LogP contribution is -2.48. The van der Waals surface area contributed by atoms with Gasteiger partial charge in [-0.1, -0.05) is 0 Å². The molecular formula is C23H31N3O5S. The molecule has 2 aliphatic heterocycles. The van der Waals surface area contributed by atoms with Crippen LogP contribution in [0.5, 0.6) is 0 Å². The summed E-state index contributed by atoms with van der Waals surface area (Å²) in [7, 11) is -3.63. The van der Waals surface area contributed by atoms with Gasteiger partial charge in [0, 0.05) is 25.2 Å². The molecule has 1 aromatic carbocycles. The summed E-state index contributed by atoms with van der Waals surface area (Å²) in [4.78, 5) is 15.2. The molecule has 1 aromatic heterocycles. The summed E-state index contributed by atoms with van der Waals surface area (Å²) in [6, 6.07) is 9.90. The highest BCUT2D eigenvalue weighted by Crippen LogP contribution is 2.25. The Labute approximate surface area is 189 Å². The van der Waals surface area contributed by atoms with Crippen molar-refractivity contribution in [1.29, 1.82) is 0 Å². The Balaban J connectivity index is 1.41. The topological polar surface area (TPSA) is 92.1 Å². The van der Waals surface area contributed by atoms with E-state index in [1.165, 1.54) is 16.4 Å². The van der Waals surface area contributed by atoms with E-state index in [-0.39, 0.29) is 29.1 Å². The van der Waals surface area contributed by atoms with Gasteiger partial charge >= 0.3 is 0 Å². The summed E-state index contributed by atoms with van der Waals surface area (Å²) >= 11 is 0. The predicted octanol–water partition coefficient (Wildman–Crippen LogP) is 2.64. The van der Waals surface area contributed by atoms with Crippen molar-refractivity contribution in [3.05, 3.63) is 54.0 Å². The predicted molar refractivity (Wildman–Crippen MR) is 120 cm³/mol. The molecule has 3 atom stereocenters. The minimum atomic E-state index is -3.63. The lowest BCUT2D eigenvalue weighted by Gasteiger charge is -2.34. The Kier molecular flexibility index (Phi) is 6.99. The van der Waals surface area contributed by atoms with Crippen LogP contribution in [0.4, 0.5) is 0 Å². The fraction of sp³-hybridized carbons (Fsp3) is 0.522. The molecule has 0 saturated carbocycles. The Hall–Kier alpha value is -2.20. The van der Waals surface area contributed by atoms with Crippen LogP contribution < -0.4 is 5.32 Å². The average Bonchev–Trinajstić information content (AvgIpc) is 3.48. The van der Waals surface area contributed by atoms with Crippen LogP contribution in [0.1, 0.15) is 48.8 Å². The van der Waals surface area contributed by atoms with Crippen LogP contribution in [0.25, 0.3) is 0 Å². The summed E-state index contributed by atoms with van der Waals surface area (Å²) in [5.74, 6) is 0.598. The maximum atomic E-state index is 13.0. The zero-order chi connectivity index (χ0) is 22.7. The summed E-state index contributed by atoms with van der Waals surface area (Å²) < 4.78 is 38.7. The first kappa shape index (κ1) is 23.0. The van der Waals surface area contributed by atoms with Crippen molar-refractivity contribution < 1.29 is 22.4 Å². The Bertz CT molecular complexity index is 991. The number of carbonyl (C=O) groups is 1. The van der Waals surface area contributed by atoms with E-state index in [2.05, 4.69) is 10.2 Å². The zero-order valence-electron chi connectivity index (χ0n) is 18.6. The smallest absolute Gasteiger partial charge is 0.251 e. The van der Waals surface area contributed by atoms with Crippen molar-refractivity contribution in [2.75, 3.05) is 32.7 Å². The van der Waals surface area contributed by atoms with Crippen LogP contribution in [-0.4, -0.2) is 68.5 Å². The van der Waals surface area contributed by atoms with Crippen LogP contribution in [0.3, 0.4) is 0 Å². The number of benzene rings is 1. The zero-order valence-corrected chi connectivity index (χ0v) is 19.4. The normalized spacial score (nSPS) is 23.8. The van der Waals surface area contributed by atoms with Crippen molar-refractivity contribution >= 4 is 15.9 Å². The monoisotopic (exact) mass is 461 g/mol. The van der Waals surface area contributed by atoms with Gasteiger partial charge in [-0.05, 0) is 76.2 Å². The van der Waals surface area contributed by atoms with Crippen molar-refractivity contribution in [2.45, 2.75) is 49.8 Å². The quantitative estimate of drug-likeness (QED) is 0.682. The molecule has 2 aromatic rings. The minimum Gasteiger partial charge on any atom is -0.468 e. The van der Waals surface area contributed by atoms with Gasteiger partial charge in [0.15, 0.2) is 0 Å². The van der Waals surface area contributed by atoms with Crippen molar-refractivity contribution in [2.24, 2.45) is 0 Å². The fourth-order valence-corrected chi connectivity index (χ4v) is 6.08. The largest absolute Gasteiger partial charge is 0.468 e. The van der Waals surface area contributed by atoms with Gasteiger partial charge in [-0.15, -0.1) is 0 Å². The molecule has 2 fully saturated rings. The third-order valence-electron chi connectivity index (χ3n) is 6.05. The molecule has 9 heteroatoms. The van der Waals surface area contributed by atoms with Gasteiger partial charge < -0.3 is 14.5 Å². The summed E-state index contributed by atoms with van der Waals surface area (Å²) in [6.07, 6.45) is 3.62. The maximum Gasteiger partial charge on any atom is 0.251 e. The number of hydrogen-bond acceptors (Lipinski definition) is 6. The Morgan fingerprint density at radius 3 is 2.34 bits per heavy atom. The molecule has 0 radical (unpaired) electrons. The molecule has 0 bridgehead atoms. The fourth-order valence-electron chi connectivity index (χ4n) is 4.49. The molecule has 0 spiro atoms. The highest BCUT2D eigenvalue weighted by atomic mass is 32.2. The first-order valence-electron chi connectivity index (χ1n) is 11.2. The maximum absolute atomic E-state index is 13.0. The molecule has 174 valence electrons. The van der Waals surface area contributed by atoms with Crippen LogP contribution in [0, 0.1) is 0 Å². The number of likely N-dealkylation sites (tertiary alicyclic amines) is 1. The van der Waals surface area contributed by atoms with Gasteiger partial charge in [0.25, 0.3) is 5.91 Å². The number of nitrogens with zero attached hydrogens (tertiary/aromatic N) is 2. The molecule has 8 nitrogen and oxygen atoms in total. The third kappa shape index (κ3) is 5.06. The summed E-state index contributed by atoms with van der Waals surface area (Å²) in [5.41, 5.74) is 0.423. The van der Waals surface area contributed by atoms with Gasteiger partial charge in [-0.3, -0.25) is 9.69 Å². The van der Waals surface area contributed by atoms with Crippen LogP contribution >= 0.6 is 0 Å². The van der Waals surface area contributed by atoms with Crippen molar-refractivity contribution in [3.63, 3.8) is 0 Å². The highest BCUT2D eigenvalue weighted by Gasteiger charge is 2.32. The Morgan fingerprint density at radius 1 is 1.09 bits per heavy atom. The van der Waals surface area contributed by atoms with Gasteiger partial charge in [0.05, 0.1) is 29.4 Å². The molecule has 1 N–H and O–H groups in total. The highest BCUT2D eigenvalue weighted by molar-refractivity contribution is 7.89. The number of nitrogens with one attached hydrogen (secondary N) is 1. The molecule has 0 aliphatic carbocycles. The van der Waals surface area contributed by atoms with E-state index in [0.29, 0.717) is 25.2 Å². The molecule has 32 heavy (non-hydrogen) atoms. The second kappa shape index (κ2) is 9.74. The lowest BCUT2D eigenvalue weighted by molar-refractivity contribution is -0.0440. The summed E-state index contributed by atoms with van der Waals surface area (Å²) in [5, 5.41) is 2.98. The number of amides is 1. The molecular weight excluding hydrogens is 430 g/mol. The minimum absolute atomic E-state index is 0.0126. The van der Waals surface area contributed by atoms with Crippen molar-refractivity contribution in [3.8, 4) is 0 Å². The van der Waals surface area contributed by atoms with E-state index in [9.17, 15) is 13.2 Å². The van der Waals surface area contributed by atoms with Gasteiger partial charge in [0.2, 0.25) is 10.0 Å². The average molecular weight is 462 g/mol. The molecule has 3 heterocycles. The van der Waals surface area contributed by atoms with Crippen molar-refractivity contribution in [1.82, 2.24) is 14.5 Å². The third-order valence-corrected chi connectivity index (χ3v) is 7.90. The van der Waals surface area contributed by atoms with E-state index >= 15 is 0 Å². The van der Waals surface area contributed by atoms with E-state index < -0.39 is 10.0 Å². The first-order chi connectivity index (χ1) is 15.3. The van der Waals surface area contributed by atoms with E-state index in [1.807, 2.05) is 26.0 Å². The number of hydrogen-bond donors (Lipinski definition) is 1. The number of morpholine rings is 1. The number of furan rings is 1. The number of ether oxygens (including phenoxy) is 1. The van der Waals surface area contributed by atoms with Crippen LogP contribution in [-0.2, 0) is 14.8 Å². The number of rotatable bonds is 7. The molecule has 2 saturated heterocycles. The Morgan fingerprint density at radius 2 is 1.75 bits per heavy atom. The second-order valence-corrected chi connectivity index (χ2v) is 10.5. The molecule has 2 aliphatic rings. The van der Waals surface area contributed by atoms with E-state index in [1.54, 1.807) is 18.4 Å². The molecule has 1 amide bonds. The molecule has 4 rings (SSSR count). The number of carbonyl (C=O) groups excluding carboxylic acids is 1. The van der Waals surface area contributed by atoms with Gasteiger partial charge in [-0.2, -0.15) is 4.31 Å². The first-order valence-corrected chi connectivity index (χ1v) is 12.6. The summed E-state index contributed by atoms with van der Waals surface area (Å²) in [6.45, 7) is 6.75. The molecule has 0 unspecified atom stereocenters. The van der Waals surface area contributed by atoms with E-state index in [4.69, 9.17) is 9.15 Å². The van der Waals surface area contributed by atoms with Crippen LogP contribution in [0.15, 0.2) is 52.0 Å².